The van der Waals surface area contributed by atoms with Crippen molar-refractivity contribution < 1.29 is 19.1 Å². The number of rotatable bonds is 11. The first-order valence-electron chi connectivity index (χ1n) is 18.6. The Morgan fingerprint density at radius 3 is 1.20 bits per heavy atom. The molecular weight excluding hydrogens is 1320 g/mol. The van der Waals surface area contributed by atoms with Crippen LogP contribution in [0.1, 0.15) is 20.7 Å². The fraction of sp³-hybridized carbons (Fsp3) is 0. The first kappa shape index (κ1) is 44.4. The lowest BCUT2D eigenvalue weighted by atomic mass is 10.1. The minimum atomic E-state index is -0.404. The van der Waals surface area contributed by atoms with Crippen LogP contribution in [0.15, 0.2) is 222 Å². The van der Waals surface area contributed by atoms with Gasteiger partial charge in [-0.15, -0.1) is 0 Å². The molecule has 0 aliphatic carbocycles. The maximum absolute atomic E-state index is 13.3. The lowest BCUT2D eigenvalue weighted by Gasteiger charge is -2.11. The van der Waals surface area contributed by atoms with E-state index in [0.29, 0.717) is 22.6 Å². The van der Waals surface area contributed by atoms with Gasteiger partial charge >= 0.3 is 11.9 Å². The minimum absolute atomic E-state index is 0.378. The van der Waals surface area contributed by atoms with E-state index < -0.39 is 27.8 Å². The third-order valence-electron chi connectivity index (χ3n) is 9.38. The molecule has 0 amide bonds. The van der Waals surface area contributed by atoms with Gasteiger partial charge in [0.05, 0.1) is 43.6 Å². The number of carbonyl (C=O) groups excluding carboxylic acids is 2. The van der Waals surface area contributed by atoms with Gasteiger partial charge in [-0.3, -0.25) is 0 Å². The summed E-state index contributed by atoms with van der Waals surface area (Å²) in [5, 5.41) is 0. The van der Waals surface area contributed by atoms with Crippen LogP contribution in [0.4, 0.5) is 0 Å². The number of esters is 2. The fourth-order valence-electron chi connectivity index (χ4n) is 6.45. The minimum Gasteiger partial charge on any atom is -0.422 e. The fourth-order valence-corrected chi connectivity index (χ4v) is 15.8. The van der Waals surface area contributed by atoms with E-state index in [4.69, 9.17) is 9.47 Å². The van der Waals surface area contributed by atoms with Gasteiger partial charge < -0.3 is 9.47 Å². The summed E-state index contributed by atoms with van der Waals surface area (Å²) in [6, 6.07) is 63.7. The molecule has 8 aromatic carbocycles. The quantitative estimate of drug-likeness (QED) is 0.0560. The molecule has 0 N–H and O–H groups in total. The predicted molar refractivity (Wildman–Crippen MR) is 283 cm³/mol. The molecule has 0 radical (unpaired) electrons. The normalized spacial score (nSPS) is 12.0. The van der Waals surface area contributed by atoms with E-state index in [1.165, 1.54) is 19.6 Å². The van der Waals surface area contributed by atoms with Crippen molar-refractivity contribution in [3.63, 3.8) is 0 Å². The SMILES string of the molecule is O=C(Oc1ccc(Br)cc1I)c1ccc([S+](c2ccccc2)c2ccc(-c3ccc([S+](c4ccccc4)c4ccc(C(=O)Oc5c(I)cc(I)cc5I)cc4)cc3)cc2)cc1. The van der Waals surface area contributed by atoms with E-state index in [9.17, 15) is 9.59 Å². The van der Waals surface area contributed by atoms with Crippen LogP contribution in [0.3, 0.4) is 0 Å². The van der Waals surface area contributed by atoms with Crippen LogP contribution in [0, 0.1) is 14.3 Å². The van der Waals surface area contributed by atoms with E-state index in [2.05, 4.69) is 203 Å². The van der Waals surface area contributed by atoms with Crippen LogP contribution in [0.5, 0.6) is 11.5 Å². The second-order valence-corrected chi connectivity index (χ2v) is 23.1. The van der Waals surface area contributed by atoms with Crippen molar-refractivity contribution in [1.29, 1.82) is 0 Å². The number of benzene rings is 8. The van der Waals surface area contributed by atoms with Crippen molar-refractivity contribution in [3.8, 4) is 22.6 Å². The molecule has 0 fully saturated rings. The maximum atomic E-state index is 13.3. The highest BCUT2D eigenvalue weighted by Crippen LogP contribution is 2.36. The highest BCUT2D eigenvalue weighted by atomic mass is 127. The molecule has 0 spiro atoms. The lowest BCUT2D eigenvalue weighted by Crippen LogP contribution is -2.11. The van der Waals surface area contributed by atoms with E-state index in [1.807, 2.05) is 84.9 Å². The van der Waals surface area contributed by atoms with Gasteiger partial charge in [0.25, 0.3) is 0 Å². The van der Waals surface area contributed by atoms with Crippen molar-refractivity contribution >= 4 is 140 Å². The summed E-state index contributed by atoms with van der Waals surface area (Å²) < 4.78 is 16.3. The average Bonchev–Trinajstić information content (AvgIpc) is 3.28. The van der Waals surface area contributed by atoms with Gasteiger partial charge in [0.15, 0.2) is 35.1 Å². The standard InChI is InChI=1S/C50H31BrI4O4S2/c51-36-19-28-47(44(53)29-36)58-49(56)34-15-24-42(25-16-34)60(38-7-3-1-4-8-38)40-20-11-32(12-21-40)33-13-22-41(23-14-33)61(39-9-5-2-6-10-39)43-26-17-35(18-27-43)50(57)59-48-45(54)30-37(52)31-46(48)55/h1-31H/q+2. The molecule has 4 nitrogen and oxygen atoms in total. The zero-order chi connectivity index (χ0) is 42.5. The van der Waals surface area contributed by atoms with Crippen molar-refractivity contribution in [1.82, 2.24) is 0 Å². The first-order chi connectivity index (χ1) is 29.6. The molecule has 0 aliphatic rings. The van der Waals surface area contributed by atoms with Gasteiger partial charge in [-0.25, -0.2) is 9.59 Å². The second kappa shape index (κ2) is 20.5. The van der Waals surface area contributed by atoms with Gasteiger partial charge in [0, 0.05) is 8.04 Å². The third-order valence-corrected chi connectivity index (χ3v) is 17.4. The number of ether oxygens (including phenoxy) is 2. The van der Waals surface area contributed by atoms with E-state index in [1.54, 1.807) is 6.07 Å². The summed E-state index contributed by atoms with van der Waals surface area (Å²) in [6.07, 6.45) is 0. The zero-order valence-corrected chi connectivity index (χ0v) is 43.6. The van der Waals surface area contributed by atoms with Gasteiger partial charge in [-0.2, -0.15) is 0 Å². The predicted octanol–water partition coefficient (Wildman–Crippen LogP) is 15.2. The van der Waals surface area contributed by atoms with Crippen LogP contribution < -0.4 is 9.47 Å². The number of hydrogen-bond acceptors (Lipinski definition) is 4. The maximum Gasteiger partial charge on any atom is 0.343 e. The number of carbonyl (C=O) groups is 2. The molecule has 300 valence electrons. The van der Waals surface area contributed by atoms with E-state index in [0.717, 1.165) is 39.7 Å². The molecule has 11 heteroatoms. The molecule has 0 saturated heterocycles. The molecule has 8 aromatic rings. The molecule has 61 heavy (non-hydrogen) atoms. The molecular formula is C50H31BrI4O4S2+2. The Morgan fingerprint density at radius 2 is 0.787 bits per heavy atom. The van der Waals surface area contributed by atoms with E-state index >= 15 is 0 Å². The highest BCUT2D eigenvalue weighted by Gasteiger charge is 2.31. The molecule has 0 aliphatic heterocycles. The first-order valence-corrected chi connectivity index (χ1v) is 26.2. The topological polar surface area (TPSA) is 52.6 Å². The summed E-state index contributed by atoms with van der Waals surface area (Å²) in [7, 11) is -0.807. The van der Waals surface area contributed by atoms with Gasteiger partial charge in [0.2, 0.25) is 0 Å². The Labute approximate surface area is 423 Å². The second-order valence-electron chi connectivity index (χ2n) is 13.4. The molecule has 2 atom stereocenters. The monoisotopic (exact) mass is 1350 g/mol. The Kier molecular flexibility index (Phi) is 15.0. The summed E-state index contributed by atoms with van der Waals surface area (Å²) in [5.74, 6) is 0.347. The van der Waals surface area contributed by atoms with E-state index in [-0.39, 0.29) is 5.97 Å². The summed E-state index contributed by atoms with van der Waals surface area (Å²) in [6.45, 7) is 0. The van der Waals surface area contributed by atoms with Crippen LogP contribution in [0.2, 0.25) is 0 Å². The third kappa shape index (κ3) is 10.8. The molecule has 0 bridgehead atoms. The average molecular weight is 1350 g/mol. The smallest absolute Gasteiger partial charge is 0.343 e. The number of hydrogen-bond donors (Lipinski definition) is 0. The van der Waals surface area contributed by atoms with Gasteiger partial charge in [-0.05, 0) is 253 Å². The Hall–Kier alpha value is -3.20. The lowest BCUT2D eigenvalue weighted by molar-refractivity contribution is 0.0723. The zero-order valence-electron chi connectivity index (χ0n) is 31.7. The Bertz CT molecular complexity index is 2810. The summed E-state index contributed by atoms with van der Waals surface area (Å²) >= 11 is 12.3. The van der Waals surface area contributed by atoms with Crippen LogP contribution in [-0.2, 0) is 21.8 Å². The Balaban J connectivity index is 1.02. The number of halogens is 5. The molecule has 8 rings (SSSR count). The molecule has 0 aromatic heterocycles. The van der Waals surface area contributed by atoms with Crippen LogP contribution in [0.25, 0.3) is 11.1 Å². The van der Waals surface area contributed by atoms with Crippen molar-refractivity contribution in [2.24, 2.45) is 0 Å². The van der Waals surface area contributed by atoms with Crippen molar-refractivity contribution in [3.05, 3.63) is 218 Å². The molecule has 0 heterocycles. The summed E-state index contributed by atoms with van der Waals surface area (Å²) in [4.78, 5) is 33.3. The van der Waals surface area contributed by atoms with Gasteiger partial charge in [0.1, 0.15) is 5.75 Å². The molecule has 2 unspecified atom stereocenters. The van der Waals surface area contributed by atoms with Gasteiger partial charge in [-0.1, -0.05) is 52.3 Å². The Morgan fingerprint density at radius 1 is 0.410 bits per heavy atom. The van der Waals surface area contributed by atoms with Crippen molar-refractivity contribution in [2.45, 2.75) is 29.4 Å². The highest BCUT2D eigenvalue weighted by molar-refractivity contribution is 14.1. The summed E-state index contributed by atoms with van der Waals surface area (Å²) in [5.41, 5.74) is 3.23. The largest absolute Gasteiger partial charge is 0.422 e. The molecule has 0 saturated carbocycles. The van der Waals surface area contributed by atoms with Crippen LogP contribution >= 0.6 is 106 Å². The van der Waals surface area contributed by atoms with Crippen molar-refractivity contribution in [2.75, 3.05) is 0 Å². The van der Waals surface area contributed by atoms with Crippen LogP contribution in [-0.4, -0.2) is 11.9 Å².